The highest BCUT2D eigenvalue weighted by Gasteiger charge is 2.28. The molecule has 2 heterocycles. The fourth-order valence-electron chi connectivity index (χ4n) is 2.34. The van der Waals surface area contributed by atoms with E-state index in [-0.39, 0.29) is 6.04 Å². The predicted molar refractivity (Wildman–Crippen MR) is 63.1 cm³/mol. The van der Waals surface area contributed by atoms with E-state index in [2.05, 4.69) is 23.4 Å². The molecular formula is C12H21N3O. The number of imidazole rings is 1. The van der Waals surface area contributed by atoms with Crippen LogP contribution in [0, 0.1) is 5.92 Å². The SMILES string of the molecule is CCn1ccnc1CC(N)C1COC(C)C1. The molecular weight excluding hydrogens is 202 g/mol. The maximum Gasteiger partial charge on any atom is 0.110 e. The molecule has 3 atom stereocenters. The van der Waals surface area contributed by atoms with Crippen molar-refractivity contribution in [1.29, 1.82) is 0 Å². The molecule has 1 aliphatic heterocycles. The van der Waals surface area contributed by atoms with Crippen molar-refractivity contribution in [1.82, 2.24) is 9.55 Å². The summed E-state index contributed by atoms with van der Waals surface area (Å²) in [6.07, 6.45) is 6.15. The Morgan fingerprint density at radius 3 is 3.12 bits per heavy atom. The minimum atomic E-state index is 0.164. The van der Waals surface area contributed by atoms with E-state index in [1.54, 1.807) is 0 Å². The highest BCUT2D eigenvalue weighted by atomic mass is 16.5. The molecule has 1 fully saturated rings. The summed E-state index contributed by atoms with van der Waals surface area (Å²) in [4.78, 5) is 4.36. The lowest BCUT2D eigenvalue weighted by Gasteiger charge is -2.17. The van der Waals surface area contributed by atoms with Crippen molar-refractivity contribution < 1.29 is 4.74 Å². The van der Waals surface area contributed by atoms with E-state index in [1.165, 1.54) is 0 Å². The normalized spacial score (nSPS) is 27.2. The third-order valence-electron chi connectivity index (χ3n) is 3.40. The molecule has 0 bridgehead atoms. The van der Waals surface area contributed by atoms with Crippen LogP contribution in [0.1, 0.15) is 26.1 Å². The first kappa shape index (κ1) is 11.6. The average Bonchev–Trinajstić information content (AvgIpc) is 2.86. The van der Waals surface area contributed by atoms with Crippen LogP contribution in [-0.4, -0.2) is 28.3 Å². The summed E-state index contributed by atoms with van der Waals surface area (Å²) in [6.45, 7) is 5.99. The fourth-order valence-corrected chi connectivity index (χ4v) is 2.34. The Bertz CT molecular complexity index is 337. The van der Waals surface area contributed by atoms with Gasteiger partial charge in [-0.2, -0.15) is 0 Å². The number of hydrogen-bond acceptors (Lipinski definition) is 3. The van der Waals surface area contributed by atoms with Crippen molar-refractivity contribution in [2.75, 3.05) is 6.61 Å². The molecule has 0 aromatic carbocycles. The topological polar surface area (TPSA) is 53.1 Å². The zero-order valence-corrected chi connectivity index (χ0v) is 10.1. The van der Waals surface area contributed by atoms with Crippen LogP contribution in [-0.2, 0) is 17.7 Å². The van der Waals surface area contributed by atoms with Gasteiger partial charge in [0, 0.05) is 37.3 Å². The maximum atomic E-state index is 6.22. The van der Waals surface area contributed by atoms with E-state index in [1.807, 2.05) is 12.4 Å². The lowest BCUT2D eigenvalue weighted by molar-refractivity contribution is 0.118. The van der Waals surface area contributed by atoms with Crippen molar-refractivity contribution >= 4 is 0 Å². The number of ether oxygens (including phenoxy) is 1. The maximum absolute atomic E-state index is 6.22. The van der Waals surface area contributed by atoms with Gasteiger partial charge in [0.2, 0.25) is 0 Å². The fraction of sp³-hybridized carbons (Fsp3) is 0.750. The Hall–Kier alpha value is -0.870. The van der Waals surface area contributed by atoms with Crippen LogP contribution in [0.4, 0.5) is 0 Å². The number of aryl methyl sites for hydroxylation is 1. The lowest BCUT2D eigenvalue weighted by atomic mass is 9.95. The number of nitrogens with zero attached hydrogens (tertiary/aromatic N) is 2. The molecule has 1 aromatic rings. The monoisotopic (exact) mass is 223 g/mol. The molecule has 90 valence electrons. The standard InChI is InChI=1S/C12H21N3O/c1-3-15-5-4-14-12(15)7-11(13)10-6-9(2)16-8-10/h4-5,9-11H,3,6-8,13H2,1-2H3. The van der Waals surface area contributed by atoms with Gasteiger partial charge < -0.3 is 15.0 Å². The van der Waals surface area contributed by atoms with Gasteiger partial charge in [0.1, 0.15) is 5.82 Å². The van der Waals surface area contributed by atoms with Crippen LogP contribution in [0.5, 0.6) is 0 Å². The first-order valence-corrected chi connectivity index (χ1v) is 6.08. The quantitative estimate of drug-likeness (QED) is 0.834. The van der Waals surface area contributed by atoms with Crippen molar-refractivity contribution in [3.8, 4) is 0 Å². The second-order valence-electron chi connectivity index (χ2n) is 4.64. The van der Waals surface area contributed by atoms with Crippen LogP contribution in [0.2, 0.25) is 0 Å². The van der Waals surface area contributed by atoms with Gasteiger partial charge in [-0.1, -0.05) is 0 Å². The summed E-state index contributed by atoms with van der Waals surface area (Å²) in [5.41, 5.74) is 6.22. The zero-order chi connectivity index (χ0) is 11.5. The van der Waals surface area contributed by atoms with Gasteiger partial charge in [0.25, 0.3) is 0 Å². The number of aromatic nitrogens is 2. The van der Waals surface area contributed by atoms with Crippen molar-refractivity contribution in [2.45, 2.75) is 45.4 Å². The summed E-state index contributed by atoms with van der Waals surface area (Å²) in [6, 6.07) is 0.164. The Kier molecular flexibility index (Phi) is 3.61. The average molecular weight is 223 g/mol. The van der Waals surface area contributed by atoms with Gasteiger partial charge in [-0.3, -0.25) is 0 Å². The number of hydrogen-bond donors (Lipinski definition) is 1. The van der Waals surface area contributed by atoms with Crippen LogP contribution in [0.3, 0.4) is 0 Å². The highest BCUT2D eigenvalue weighted by Crippen LogP contribution is 2.22. The van der Waals surface area contributed by atoms with Crippen molar-refractivity contribution in [3.63, 3.8) is 0 Å². The molecule has 0 aliphatic carbocycles. The highest BCUT2D eigenvalue weighted by molar-refractivity contribution is 4.97. The minimum absolute atomic E-state index is 0.164. The summed E-state index contributed by atoms with van der Waals surface area (Å²) >= 11 is 0. The molecule has 1 aliphatic rings. The van der Waals surface area contributed by atoms with Gasteiger partial charge in [0.15, 0.2) is 0 Å². The predicted octanol–water partition coefficient (Wildman–Crippen LogP) is 1.20. The number of rotatable bonds is 4. The second-order valence-corrected chi connectivity index (χ2v) is 4.64. The third-order valence-corrected chi connectivity index (χ3v) is 3.40. The van der Waals surface area contributed by atoms with E-state index >= 15 is 0 Å². The van der Waals surface area contributed by atoms with Gasteiger partial charge in [0.05, 0.1) is 12.7 Å². The molecule has 4 heteroatoms. The Morgan fingerprint density at radius 2 is 2.50 bits per heavy atom. The van der Waals surface area contributed by atoms with E-state index in [4.69, 9.17) is 10.5 Å². The molecule has 1 aromatic heterocycles. The molecule has 2 N–H and O–H groups in total. The van der Waals surface area contributed by atoms with Gasteiger partial charge in [-0.25, -0.2) is 4.98 Å². The molecule has 16 heavy (non-hydrogen) atoms. The van der Waals surface area contributed by atoms with Gasteiger partial charge in [-0.05, 0) is 20.3 Å². The molecule has 4 nitrogen and oxygen atoms in total. The molecule has 0 spiro atoms. The Morgan fingerprint density at radius 1 is 1.69 bits per heavy atom. The Labute approximate surface area is 96.8 Å². The lowest BCUT2D eigenvalue weighted by Crippen LogP contribution is -2.33. The summed E-state index contributed by atoms with van der Waals surface area (Å²) in [5, 5.41) is 0. The molecule has 1 saturated heterocycles. The molecule has 0 amide bonds. The summed E-state index contributed by atoms with van der Waals surface area (Å²) < 4.78 is 7.71. The van der Waals surface area contributed by atoms with Crippen LogP contribution in [0.25, 0.3) is 0 Å². The minimum Gasteiger partial charge on any atom is -0.378 e. The van der Waals surface area contributed by atoms with Gasteiger partial charge in [-0.15, -0.1) is 0 Å². The molecule has 0 saturated carbocycles. The summed E-state index contributed by atoms with van der Waals surface area (Å²) in [7, 11) is 0. The molecule has 2 rings (SSSR count). The molecule has 3 unspecified atom stereocenters. The zero-order valence-electron chi connectivity index (χ0n) is 10.1. The van der Waals surface area contributed by atoms with E-state index in [0.717, 1.165) is 31.8 Å². The first-order chi connectivity index (χ1) is 7.70. The largest absolute Gasteiger partial charge is 0.378 e. The van der Waals surface area contributed by atoms with E-state index < -0.39 is 0 Å². The first-order valence-electron chi connectivity index (χ1n) is 6.08. The van der Waals surface area contributed by atoms with Crippen LogP contribution < -0.4 is 5.73 Å². The van der Waals surface area contributed by atoms with Gasteiger partial charge >= 0.3 is 0 Å². The molecule has 0 radical (unpaired) electrons. The van der Waals surface area contributed by atoms with E-state index in [9.17, 15) is 0 Å². The summed E-state index contributed by atoms with van der Waals surface area (Å²) in [5.74, 6) is 1.58. The number of nitrogens with two attached hydrogens (primary N) is 1. The third kappa shape index (κ3) is 2.44. The van der Waals surface area contributed by atoms with Crippen LogP contribution in [0.15, 0.2) is 12.4 Å². The van der Waals surface area contributed by atoms with Crippen LogP contribution >= 0.6 is 0 Å². The van der Waals surface area contributed by atoms with E-state index in [0.29, 0.717) is 12.0 Å². The second kappa shape index (κ2) is 4.97. The smallest absolute Gasteiger partial charge is 0.110 e. The van der Waals surface area contributed by atoms with Crippen molar-refractivity contribution in [3.05, 3.63) is 18.2 Å². The van der Waals surface area contributed by atoms with Crippen molar-refractivity contribution in [2.24, 2.45) is 11.7 Å². The Balaban J connectivity index is 1.94.